The topological polar surface area (TPSA) is 76.1 Å². The summed E-state index contributed by atoms with van der Waals surface area (Å²) < 4.78 is 23.9. The molecule has 5 nitrogen and oxygen atoms in total. The number of nitrogens with one attached hydrogen (secondary N) is 1. The molecule has 1 N–H and O–H groups in total. The molecule has 153 valence electrons. The number of aromatic nitrogens is 1. The first-order valence-corrected chi connectivity index (χ1v) is 14.2. The van der Waals surface area contributed by atoms with Crippen LogP contribution in [-0.2, 0) is 24.9 Å². The van der Waals surface area contributed by atoms with E-state index in [1.807, 2.05) is 24.3 Å². The molecule has 0 spiro atoms. The average molecular weight is 473 g/mol. The number of carbonyl (C=O) groups is 1. The number of amides is 1. The fourth-order valence-electron chi connectivity index (χ4n) is 2.51. The molecular formula is C22H26AsN2O3S. The summed E-state index contributed by atoms with van der Waals surface area (Å²) >= 11 is -0.965. The molecule has 29 heavy (non-hydrogen) atoms. The first-order valence-electron chi connectivity index (χ1n) is 9.09. The van der Waals surface area contributed by atoms with Gasteiger partial charge in [0.2, 0.25) is 0 Å². The van der Waals surface area contributed by atoms with Crippen molar-refractivity contribution in [3.8, 4) is 0 Å². The third kappa shape index (κ3) is 7.63. The summed E-state index contributed by atoms with van der Waals surface area (Å²) in [5.41, 5.74) is 3.52. The monoisotopic (exact) mass is 473 g/mol. The molecule has 0 aliphatic heterocycles. The van der Waals surface area contributed by atoms with Gasteiger partial charge in [-0.15, -0.1) is 0 Å². The molecule has 2 rings (SSSR count). The van der Waals surface area contributed by atoms with Crippen molar-refractivity contribution in [2.75, 3.05) is 6.26 Å². The van der Waals surface area contributed by atoms with Crippen LogP contribution in [0, 0.1) is 0 Å². The van der Waals surface area contributed by atoms with Gasteiger partial charge in [-0.1, -0.05) is 20.8 Å². The van der Waals surface area contributed by atoms with Crippen LogP contribution in [0.4, 0.5) is 0 Å². The first kappa shape index (κ1) is 23.1. The van der Waals surface area contributed by atoms with Gasteiger partial charge in [-0.25, -0.2) is 0 Å². The van der Waals surface area contributed by atoms with Gasteiger partial charge in [-0.3, -0.25) is 0 Å². The third-order valence-electron chi connectivity index (χ3n) is 4.02. The second-order valence-corrected chi connectivity index (χ2v) is 15.7. The van der Waals surface area contributed by atoms with Gasteiger partial charge < -0.3 is 0 Å². The van der Waals surface area contributed by atoms with E-state index in [0.717, 1.165) is 26.7 Å². The number of hydrogen-bond acceptors (Lipinski definition) is 4. The predicted octanol–water partition coefficient (Wildman–Crippen LogP) is 2.64. The third-order valence-corrected chi connectivity index (χ3v) is 8.73. The summed E-state index contributed by atoms with van der Waals surface area (Å²) in [6.07, 6.45) is 7.85. The Kier molecular flexibility index (Phi) is 7.61. The summed E-state index contributed by atoms with van der Waals surface area (Å²) in [6.45, 7) is 10.4. The SMILES string of the molecule is C=Cc1cc(CNC(=O)/C=C/c2ccc(C(C)(C)C)nc2)ccc1[As]S(C)(=O)=O. The number of rotatable bonds is 7. The van der Waals surface area contributed by atoms with Gasteiger partial charge in [-0.2, -0.15) is 0 Å². The van der Waals surface area contributed by atoms with Crippen molar-refractivity contribution in [3.05, 3.63) is 71.6 Å². The Bertz CT molecular complexity index is 1020. The van der Waals surface area contributed by atoms with Crippen LogP contribution in [0.2, 0.25) is 0 Å². The van der Waals surface area contributed by atoms with Gasteiger partial charge in [0, 0.05) is 11.1 Å². The molecule has 7 heteroatoms. The fourth-order valence-corrected chi connectivity index (χ4v) is 6.81. The van der Waals surface area contributed by atoms with Gasteiger partial charge in [-0.05, 0) is 0 Å². The molecule has 2 aromatic rings. The Morgan fingerprint density at radius 1 is 1.24 bits per heavy atom. The molecule has 1 aromatic heterocycles. The van der Waals surface area contributed by atoms with E-state index in [0.29, 0.717) is 6.54 Å². The minimum atomic E-state index is -3.03. The van der Waals surface area contributed by atoms with Crippen LogP contribution in [0.1, 0.15) is 43.2 Å². The van der Waals surface area contributed by atoms with Gasteiger partial charge in [0.25, 0.3) is 0 Å². The van der Waals surface area contributed by atoms with E-state index >= 15 is 0 Å². The van der Waals surface area contributed by atoms with Crippen molar-refractivity contribution in [2.45, 2.75) is 32.7 Å². The normalized spacial score (nSPS) is 12.6. The average Bonchev–Trinajstić information content (AvgIpc) is 2.64. The Balaban J connectivity index is 1.98. The summed E-state index contributed by atoms with van der Waals surface area (Å²) in [5, 5.41) is 2.83. The fraction of sp³-hybridized carbons (Fsp3) is 0.273. The molecule has 0 saturated heterocycles. The predicted molar refractivity (Wildman–Crippen MR) is 121 cm³/mol. The van der Waals surface area contributed by atoms with Crippen LogP contribution < -0.4 is 9.67 Å². The van der Waals surface area contributed by atoms with Crippen LogP contribution in [0.5, 0.6) is 0 Å². The molecule has 1 radical (unpaired) electrons. The van der Waals surface area contributed by atoms with Crippen molar-refractivity contribution < 1.29 is 13.2 Å². The molecule has 0 fully saturated rings. The maximum atomic E-state index is 12.1. The molecule has 0 atom stereocenters. The molecule has 1 aromatic carbocycles. The van der Waals surface area contributed by atoms with E-state index < -0.39 is 22.7 Å². The zero-order valence-corrected chi connectivity index (χ0v) is 19.8. The van der Waals surface area contributed by atoms with E-state index in [2.05, 4.69) is 37.7 Å². The Morgan fingerprint density at radius 3 is 2.52 bits per heavy atom. The summed E-state index contributed by atoms with van der Waals surface area (Å²) in [4.78, 5) is 16.6. The quantitative estimate of drug-likeness (QED) is 0.496. The molecule has 0 bridgehead atoms. The molecule has 1 heterocycles. The van der Waals surface area contributed by atoms with Gasteiger partial charge in [0.1, 0.15) is 0 Å². The van der Waals surface area contributed by atoms with Crippen molar-refractivity contribution in [3.63, 3.8) is 0 Å². The maximum absolute atomic E-state index is 12.1. The second kappa shape index (κ2) is 9.55. The molecule has 0 saturated carbocycles. The standard InChI is InChI=1S/C22H26AsN2O3S/c1-6-18-13-17(7-10-19(18)23-29(5,27)28)15-25-21(26)12-9-16-8-11-20(24-14-16)22(2,3)4/h6-14H,1,15H2,2-5H3,(H,25,26)/b12-9+. The van der Waals surface area contributed by atoms with E-state index in [1.165, 1.54) is 12.3 Å². The zero-order chi connectivity index (χ0) is 21.7. The van der Waals surface area contributed by atoms with Crippen molar-refractivity contribution in [1.29, 1.82) is 0 Å². The zero-order valence-electron chi connectivity index (χ0n) is 17.1. The molecule has 1 amide bonds. The van der Waals surface area contributed by atoms with Crippen molar-refractivity contribution in [1.82, 2.24) is 10.3 Å². The molecule has 0 aliphatic rings. The van der Waals surface area contributed by atoms with Gasteiger partial charge >= 0.3 is 147 Å². The molecule has 0 aliphatic carbocycles. The number of hydrogen-bond donors (Lipinski definition) is 1. The number of benzene rings is 1. The van der Waals surface area contributed by atoms with Crippen LogP contribution >= 0.6 is 0 Å². The number of carbonyl (C=O) groups excluding carboxylic acids is 1. The first-order chi connectivity index (χ1) is 13.5. The minimum absolute atomic E-state index is 0.0115. The Labute approximate surface area is 178 Å². The van der Waals surface area contributed by atoms with Crippen molar-refractivity contribution in [2.24, 2.45) is 0 Å². The Morgan fingerprint density at radius 2 is 1.97 bits per heavy atom. The van der Waals surface area contributed by atoms with Gasteiger partial charge in [0.15, 0.2) is 0 Å². The van der Waals surface area contributed by atoms with E-state index in [4.69, 9.17) is 0 Å². The molecule has 0 unspecified atom stereocenters. The Hall–Kier alpha value is -2.17. The summed E-state index contributed by atoms with van der Waals surface area (Å²) in [7, 11) is -3.03. The van der Waals surface area contributed by atoms with Crippen LogP contribution in [-0.4, -0.2) is 40.2 Å². The number of nitrogens with zero attached hydrogens (tertiary/aromatic N) is 1. The van der Waals surface area contributed by atoms with Crippen LogP contribution in [0.15, 0.2) is 49.2 Å². The van der Waals surface area contributed by atoms with Crippen molar-refractivity contribution >= 4 is 45.1 Å². The number of pyridine rings is 1. The van der Waals surface area contributed by atoms with Crippen LogP contribution in [0.25, 0.3) is 12.2 Å². The second-order valence-electron chi connectivity index (χ2n) is 7.70. The summed E-state index contributed by atoms with van der Waals surface area (Å²) in [5.74, 6) is -0.211. The van der Waals surface area contributed by atoms with E-state index in [9.17, 15) is 13.2 Å². The van der Waals surface area contributed by atoms with Gasteiger partial charge in [0.05, 0.1) is 0 Å². The van der Waals surface area contributed by atoms with Crippen LogP contribution in [0.3, 0.4) is 0 Å². The van der Waals surface area contributed by atoms with E-state index in [-0.39, 0.29) is 11.3 Å². The molecular weight excluding hydrogens is 447 g/mol. The summed E-state index contributed by atoms with van der Waals surface area (Å²) in [6, 6.07) is 9.41. The van der Waals surface area contributed by atoms with E-state index in [1.54, 1.807) is 24.4 Å².